The van der Waals surface area contributed by atoms with Crippen LogP contribution in [0.15, 0.2) is 23.1 Å². The Balaban J connectivity index is 3.14. The zero-order valence-corrected chi connectivity index (χ0v) is 12.1. The van der Waals surface area contributed by atoms with Gasteiger partial charge in [0.05, 0.1) is 29.8 Å². The summed E-state index contributed by atoms with van der Waals surface area (Å²) >= 11 is 5.78. The number of hydrogen-bond acceptors (Lipinski definition) is 5. The zero-order valence-electron chi connectivity index (χ0n) is 10.5. The molecule has 0 aromatic heterocycles. The minimum absolute atomic E-state index is 0.0357. The Morgan fingerprint density at radius 3 is 2.65 bits per heavy atom. The molecule has 0 heterocycles. The molecular formula is C11H14ClNO6S. The van der Waals surface area contributed by atoms with E-state index in [-0.39, 0.29) is 22.1 Å². The molecule has 0 aliphatic heterocycles. The van der Waals surface area contributed by atoms with Crippen molar-refractivity contribution in [3.8, 4) is 0 Å². The van der Waals surface area contributed by atoms with Crippen molar-refractivity contribution in [1.29, 1.82) is 0 Å². The van der Waals surface area contributed by atoms with E-state index in [0.717, 1.165) is 6.07 Å². The minimum Gasteiger partial charge on any atom is -0.478 e. The molecule has 1 aromatic rings. The first-order valence-electron chi connectivity index (χ1n) is 5.46. The van der Waals surface area contributed by atoms with Crippen LogP contribution in [0.5, 0.6) is 0 Å². The average Bonchev–Trinajstić information content (AvgIpc) is 2.37. The summed E-state index contributed by atoms with van der Waals surface area (Å²) in [4.78, 5) is 10.5. The van der Waals surface area contributed by atoms with Gasteiger partial charge in [0.15, 0.2) is 0 Å². The zero-order chi connectivity index (χ0) is 15.3. The monoisotopic (exact) mass is 323 g/mol. The third-order valence-electron chi connectivity index (χ3n) is 2.38. The van der Waals surface area contributed by atoms with Gasteiger partial charge < -0.3 is 14.9 Å². The van der Waals surface area contributed by atoms with Crippen LogP contribution in [0, 0.1) is 0 Å². The summed E-state index contributed by atoms with van der Waals surface area (Å²) in [6, 6.07) is 2.48. The molecule has 0 amide bonds. The Morgan fingerprint density at radius 2 is 2.15 bits per heavy atom. The third kappa shape index (κ3) is 4.15. The van der Waals surface area contributed by atoms with Crippen molar-refractivity contribution in [3.63, 3.8) is 0 Å². The highest BCUT2D eigenvalue weighted by atomic mass is 35.5. The molecule has 1 unspecified atom stereocenters. The molecule has 0 aliphatic rings. The van der Waals surface area contributed by atoms with E-state index in [9.17, 15) is 13.2 Å². The Labute approximate surface area is 121 Å². The number of carbonyl (C=O) groups is 1. The van der Waals surface area contributed by atoms with Crippen LogP contribution in [0.1, 0.15) is 10.4 Å². The summed E-state index contributed by atoms with van der Waals surface area (Å²) in [6.07, 6.45) is 0. The van der Waals surface area contributed by atoms with Gasteiger partial charge in [0.1, 0.15) is 4.90 Å². The predicted molar refractivity (Wildman–Crippen MR) is 71.5 cm³/mol. The molecule has 9 heteroatoms. The number of carboxylic acid groups (broad SMARTS) is 1. The van der Waals surface area contributed by atoms with Crippen LogP contribution in [-0.4, -0.2) is 51.0 Å². The molecule has 0 aliphatic carbocycles. The molecule has 0 saturated heterocycles. The molecule has 0 fully saturated rings. The number of halogens is 1. The molecule has 1 atom stereocenters. The third-order valence-corrected chi connectivity index (χ3v) is 4.38. The van der Waals surface area contributed by atoms with Gasteiger partial charge in [0.25, 0.3) is 0 Å². The van der Waals surface area contributed by atoms with Crippen molar-refractivity contribution in [2.24, 2.45) is 0 Å². The molecule has 0 bridgehead atoms. The summed E-state index contributed by atoms with van der Waals surface area (Å²) < 4.78 is 31.2. The number of aliphatic hydroxyl groups excluding tert-OH is 1. The highest BCUT2D eigenvalue weighted by Gasteiger charge is 2.23. The Kier molecular flexibility index (Phi) is 5.90. The fourth-order valence-electron chi connectivity index (χ4n) is 1.45. The Morgan fingerprint density at radius 1 is 1.50 bits per heavy atom. The Hall–Kier alpha value is -1.19. The van der Waals surface area contributed by atoms with Gasteiger partial charge >= 0.3 is 5.97 Å². The number of sulfonamides is 1. The first kappa shape index (κ1) is 16.9. The number of rotatable bonds is 7. The van der Waals surface area contributed by atoms with Gasteiger partial charge in [0, 0.05) is 7.11 Å². The van der Waals surface area contributed by atoms with Gasteiger partial charge in [-0.25, -0.2) is 17.9 Å². The van der Waals surface area contributed by atoms with Crippen LogP contribution in [0.2, 0.25) is 5.02 Å². The number of aliphatic hydroxyl groups is 1. The topological polar surface area (TPSA) is 113 Å². The lowest BCUT2D eigenvalue weighted by molar-refractivity contribution is 0.0696. The van der Waals surface area contributed by atoms with Crippen LogP contribution in [0.3, 0.4) is 0 Å². The van der Waals surface area contributed by atoms with E-state index in [4.69, 9.17) is 26.6 Å². The molecule has 7 nitrogen and oxygen atoms in total. The molecule has 0 saturated carbocycles. The van der Waals surface area contributed by atoms with Crippen molar-refractivity contribution in [1.82, 2.24) is 4.72 Å². The summed E-state index contributed by atoms with van der Waals surface area (Å²) in [5.41, 5.74) is -0.206. The maximum atomic E-state index is 12.1. The molecule has 0 radical (unpaired) electrons. The van der Waals surface area contributed by atoms with Crippen molar-refractivity contribution >= 4 is 27.6 Å². The first-order valence-corrected chi connectivity index (χ1v) is 7.33. The van der Waals surface area contributed by atoms with E-state index >= 15 is 0 Å². The lowest BCUT2D eigenvalue weighted by atomic mass is 10.2. The Bertz CT molecular complexity index is 589. The second-order valence-corrected chi connectivity index (χ2v) is 6.00. The van der Waals surface area contributed by atoms with Crippen molar-refractivity contribution in [3.05, 3.63) is 28.8 Å². The standard InChI is InChI=1S/C11H14ClNO6S/c1-19-6-8(5-14)13-20(17,18)10-4-7(11(15)16)2-3-9(10)12/h2-4,8,13-14H,5-6H2,1H3,(H,15,16). The largest absolute Gasteiger partial charge is 0.478 e. The smallest absolute Gasteiger partial charge is 0.335 e. The molecular weight excluding hydrogens is 310 g/mol. The van der Waals surface area contributed by atoms with Crippen LogP contribution >= 0.6 is 11.6 Å². The number of carboxylic acids is 1. The van der Waals surface area contributed by atoms with Crippen LogP contribution < -0.4 is 4.72 Å². The normalized spacial score (nSPS) is 13.2. The van der Waals surface area contributed by atoms with E-state index in [1.54, 1.807) is 0 Å². The van der Waals surface area contributed by atoms with Gasteiger partial charge in [-0.15, -0.1) is 0 Å². The number of methoxy groups -OCH3 is 1. The number of hydrogen-bond donors (Lipinski definition) is 3. The second kappa shape index (κ2) is 7.00. The molecule has 1 aromatic carbocycles. The quantitative estimate of drug-likeness (QED) is 0.666. The SMILES string of the molecule is COCC(CO)NS(=O)(=O)c1cc(C(=O)O)ccc1Cl. The van der Waals surface area contributed by atoms with Crippen molar-refractivity contribution < 1.29 is 28.2 Å². The lowest BCUT2D eigenvalue weighted by Gasteiger charge is -2.16. The minimum atomic E-state index is -4.07. The second-order valence-electron chi connectivity index (χ2n) is 3.91. The van der Waals surface area contributed by atoms with Gasteiger partial charge in [-0.3, -0.25) is 0 Å². The summed E-state index contributed by atoms with van der Waals surface area (Å²) in [6.45, 7) is -0.505. The molecule has 112 valence electrons. The molecule has 20 heavy (non-hydrogen) atoms. The van der Waals surface area contributed by atoms with Crippen LogP contribution in [0.25, 0.3) is 0 Å². The summed E-state index contributed by atoms with van der Waals surface area (Å²) in [7, 11) is -2.71. The summed E-state index contributed by atoms with van der Waals surface area (Å²) in [5, 5.41) is 17.8. The van der Waals surface area contributed by atoms with Gasteiger partial charge in [-0.05, 0) is 18.2 Å². The number of aromatic carboxylic acids is 1. The van der Waals surface area contributed by atoms with Gasteiger partial charge in [-0.1, -0.05) is 11.6 Å². The maximum Gasteiger partial charge on any atom is 0.335 e. The molecule has 0 spiro atoms. The van der Waals surface area contributed by atoms with Crippen LogP contribution in [-0.2, 0) is 14.8 Å². The fraction of sp³-hybridized carbons (Fsp3) is 0.364. The summed E-state index contributed by atoms with van der Waals surface area (Å²) in [5.74, 6) is -1.27. The highest BCUT2D eigenvalue weighted by molar-refractivity contribution is 7.89. The number of benzene rings is 1. The van der Waals surface area contributed by atoms with Crippen LogP contribution in [0.4, 0.5) is 0 Å². The highest BCUT2D eigenvalue weighted by Crippen LogP contribution is 2.23. The fourth-order valence-corrected chi connectivity index (χ4v) is 3.19. The molecule has 3 N–H and O–H groups in total. The lowest BCUT2D eigenvalue weighted by Crippen LogP contribution is -2.40. The maximum absolute atomic E-state index is 12.1. The average molecular weight is 324 g/mol. The van der Waals surface area contributed by atoms with E-state index in [0.29, 0.717) is 0 Å². The molecule has 1 rings (SSSR count). The van der Waals surface area contributed by atoms with E-state index < -0.39 is 28.6 Å². The van der Waals surface area contributed by atoms with E-state index in [1.165, 1.54) is 19.2 Å². The number of ether oxygens (including phenoxy) is 1. The first-order chi connectivity index (χ1) is 9.31. The number of nitrogens with one attached hydrogen (secondary N) is 1. The van der Waals surface area contributed by atoms with Gasteiger partial charge in [-0.2, -0.15) is 0 Å². The van der Waals surface area contributed by atoms with E-state index in [2.05, 4.69) is 4.72 Å². The van der Waals surface area contributed by atoms with Gasteiger partial charge in [0.2, 0.25) is 10.0 Å². The van der Waals surface area contributed by atoms with Crippen molar-refractivity contribution in [2.75, 3.05) is 20.3 Å². The van der Waals surface area contributed by atoms with E-state index in [1.807, 2.05) is 0 Å². The predicted octanol–water partition coefficient (Wildman–Crippen LogP) is 0.324. The van der Waals surface area contributed by atoms with Crippen molar-refractivity contribution in [2.45, 2.75) is 10.9 Å².